The second kappa shape index (κ2) is 9.53. The predicted molar refractivity (Wildman–Crippen MR) is 104 cm³/mol. The maximum Gasteiger partial charge on any atom is 0.253 e. The molecule has 2 atom stereocenters. The number of rotatable bonds is 1. The third-order valence-corrected chi connectivity index (χ3v) is 4.95. The SMILES string of the molecule is O=C(c1ccccc1)N1CCCCc2ccccc2OC[C@@H](O)[C@@H](O)CC1. The highest BCUT2D eigenvalue weighted by molar-refractivity contribution is 5.94. The highest BCUT2D eigenvalue weighted by atomic mass is 16.5. The Morgan fingerprint density at radius 2 is 1.67 bits per heavy atom. The lowest BCUT2D eigenvalue weighted by Crippen LogP contribution is -2.38. The highest BCUT2D eigenvalue weighted by Gasteiger charge is 2.22. The number of para-hydroxylation sites is 1. The van der Waals surface area contributed by atoms with Gasteiger partial charge in [0, 0.05) is 18.7 Å². The first-order valence-electron chi connectivity index (χ1n) is 9.56. The molecule has 0 fully saturated rings. The van der Waals surface area contributed by atoms with Crippen molar-refractivity contribution in [2.75, 3.05) is 19.7 Å². The van der Waals surface area contributed by atoms with Crippen LogP contribution in [0.3, 0.4) is 0 Å². The predicted octanol–water partition coefficient (Wildman–Crippen LogP) is 2.66. The molecule has 1 aliphatic rings. The average Bonchev–Trinajstić information content (AvgIpc) is 2.72. The normalized spacial score (nSPS) is 21.8. The van der Waals surface area contributed by atoms with Gasteiger partial charge in [0.15, 0.2) is 0 Å². The van der Waals surface area contributed by atoms with Crippen molar-refractivity contribution in [1.29, 1.82) is 0 Å². The van der Waals surface area contributed by atoms with E-state index in [1.807, 2.05) is 42.5 Å². The number of carbonyl (C=O) groups is 1. The standard InChI is InChI=1S/C22H27NO4/c24-19-13-15-23(22(26)18-10-2-1-3-11-18)14-7-6-9-17-8-4-5-12-21(17)27-16-20(19)25/h1-5,8,10-12,19-20,24-25H,6-7,9,13-16H2/t19-,20+/m0/s1. The van der Waals surface area contributed by atoms with Gasteiger partial charge in [0.1, 0.15) is 18.5 Å². The van der Waals surface area contributed by atoms with E-state index in [-0.39, 0.29) is 12.5 Å². The molecule has 0 unspecified atom stereocenters. The Hall–Kier alpha value is -2.37. The van der Waals surface area contributed by atoms with E-state index >= 15 is 0 Å². The van der Waals surface area contributed by atoms with Gasteiger partial charge in [-0.25, -0.2) is 0 Å². The van der Waals surface area contributed by atoms with E-state index in [1.54, 1.807) is 17.0 Å². The topological polar surface area (TPSA) is 70.0 Å². The number of aryl methyl sites for hydroxylation is 1. The molecule has 0 spiro atoms. The number of benzene rings is 2. The molecule has 1 heterocycles. The zero-order valence-electron chi connectivity index (χ0n) is 15.5. The summed E-state index contributed by atoms with van der Waals surface area (Å²) in [6.07, 6.45) is 1.03. The third kappa shape index (κ3) is 5.31. The molecule has 1 aliphatic heterocycles. The minimum Gasteiger partial charge on any atom is -0.491 e. The molecule has 0 aliphatic carbocycles. The van der Waals surface area contributed by atoms with Crippen LogP contribution in [0.15, 0.2) is 54.6 Å². The van der Waals surface area contributed by atoms with Gasteiger partial charge in [0.25, 0.3) is 5.91 Å². The molecule has 2 aromatic rings. The van der Waals surface area contributed by atoms with Gasteiger partial charge in [-0.05, 0) is 49.4 Å². The van der Waals surface area contributed by atoms with Crippen LogP contribution in [0.2, 0.25) is 0 Å². The van der Waals surface area contributed by atoms with E-state index in [4.69, 9.17) is 4.74 Å². The van der Waals surface area contributed by atoms with Crippen molar-refractivity contribution in [2.45, 2.75) is 37.9 Å². The smallest absolute Gasteiger partial charge is 0.253 e. The first-order valence-corrected chi connectivity index (χ1v) is 9.56. The van der Waals surface area contributed by atoms with Crippen molar-refractivity contribution in [3.05, 3.63) is 65.7 Å². The molecule has 2 aromatic carbocycles. The number of hydrogen-bond donors (Lipinski definition) is 2. The quantitative estimate of drug-likeness (QED) is 0.811. The van der Waals surface area contributed by atoms with E-state index < -0.39 is 12.2 Å². The van der Waals surface area contributed by atoms with Crippen LogP contribution in [0.1, 0.15) is 35.2 Å². The Bertz CT molecular complexity index is 734. The summed E-state index contributed by atoms with van der Waals surface area (Å²) in [6, 6.07) is 17.0. The monoisotopic (exact) mass is 369 g/mol. The molecule has 0 radical (unpaired) electrons. The lowest BCUT2D eigenvalue weighted by Gasteiger charge is -2.25. The maximum atomic E-state index is 12.8. The molecule has 2 N–H and O–H groups in total. The van der Waals surface area contributed by atoms with Crippen LogP contribution in [-0.2, 0) is 6.42 Å². The molecule has 5 heteroatoms. The van der Waals surface area contributed by atoms with Crippen LogP contribution in [-0.4, -0.2) is 52.9 Å². The van der Waals surface area contributed by atoms with Gasteiger partial charge in [-0.1, -0.05) is 36.4 Å². The zero-order valence-corrected chi connectivity index (χ0v) is 15.5. The maximum absolute atomic E-state index is 12.8. The number of hydrogen-bond acceptors (Lipinski definition) is 4. The minimum absolute atomic E-state index is 0.0326. The van der Waals surface area contributed by atoms with E-state index in [0.717, 1.165) is 30.6 Å². The molecule has 1 amide bonds. The largest absolute Gasteiger partial charge is 0.491 e. The lowest BCUT2D eigenvalue weighted by molar-refractivity contribution is -0.0150. The second-order valence-corrected chi connectivity index (χ2v) is 6.96. The van der Waals surface area contributed by atoms with Gasteiger partial charge < -0.3 is 19.8 Å². The lowest BCUT2D eigenvalue weighted by atomic mass is 10.1. The summed E-state index contributed by atoms with van der Waals surface area (Å²) in [5, 5.41) is 20.5. The zero-order chi connectivity index (χ0) is 19.1. The van der Waals surface area contributed by atoms with Gasteiger partial charge >= 0.3 is 0 Å². The van der Waals surface area contributed by atoms with E-state index in [2.05, 4.69) is 0 Å². The van der Waals surface area contributed by atoms with Crippen LogP contribution in [0.5, 0.6) is 5.75 Å². The van der Waals surface area contributed by atoms with Crippen molar-refractivity contribution in [2.24, 2.45) is 0 Å². The van der Waals surface area contributed by atoms with Crippen molar-refractivity contribution < 1.29 is 19.7 Å². The molecular formula is C22H27NO4. The highest BCUT2D eigenvalue weighted by Crippen LogP contribution is 2.21. The molecule has 0 aromatic heterocycles. The Labute approximate surface area is 160 Å². The molecule has 5 nitrogen and oxygen atoms in total. The molecule has 0 saturated heterocycles. The summed E-state index contributed by atoms with van der Waals surface area (Å²) in [6.45, 7) is 1.06. The fourth-order valence-electron chi connectivity index (χ4n) is 3.31. The molecule has 0 saturated carbocycles. The molecule has 3 rings (SSSR count). The summed E-state index contributed by atoms with van der Waals surface area (Å²) in [4.78, 5) is 14.6. The first kappa shape index (κ1) is 19.4. The van der Waals surface area contributed by atoms with Gasteiger partial charge in [-0.2, -0.15) is 0 Å². The summed E-state index contributed by atoms with van der Waals surface area (Å²) in [5.41, 5.74) is 1.73. The first-order chi connectivity index (χ1) is 13.1. The Balaban J connectivity index is 1.74. The average molecular weight is 369 g/mol. The summed E-state index contributed by atoms with van der Waals surface area (Å²) < 4.78 is 5.74. The van der Waals surface area contributed by atoms with E-state index in [0.29, 0.717) is 25.1 Å². The van der Waals surface area contributed by atoms with Crippen LogP contribution < -0.4 is 4.74 Å². The second-order valence-electron chi connectivity index (χ2n) is 6.96. The van der Waals surface area contributed by atoms with Crippen molar-refractivity contribution in [3.8, 4) is 5.75 Å². The molecule has 144 valence electrons. The number of nitrogens with zero attached hydrogens (tertiary/aromatic N) is 1. The molecule has 27 heavy (non-hydrogen) atoms. The molecular weight excluding hydrogens is 342 g/mol. The number of carbonyl (C=O) groups excluding carboxylic acids is 1. The fraction of sp³-hybridized carbons (Fsp3) is 0.409. The molecule has 0 bridgehead atoms. The number of amides is 1. The van der Waals surface area contributed by atoms with Crippen LogP contribution >= 0.6 is 0 Å². The summed E-state index contributed by atoms with van der Waals surface area (Å²) >= 11 is 0. The third-order valence-electron chi connectivity index (χ3n) is 4.95. The number of aliphatic hydroxyl groups is 2. The summed E-state index contributed by atoms with van der Waals surface area (Å²) in [7, 11) is 0. The van der Waals surface area contributed by atoms with Gasteiger partial charge in [-0.15, -0.1) is 0 Å². The van der Waals surface area contributed by atoms with Crippen molar-refractivity contribution >= 4 is 5.91 Å². The minimum atomic E-state index is -0.993. The number of fused-ring (bicyclic) bond motifs is 1. The summed E-state index contributed by atoms with van der Waals surface area (Å²) in [5.74, 6) is 0.712. The van der Waals surface area contributed by atoms with Crippen LogP contribution in [0, 0.1) is 0 Å². The Morgan fingerprint density at radius 3 is 2.48 bits per heavy atom. The number of aliphatic hydroxyl groups excluding tert-OH is 2. The van der Waals surface area contributed by atoms with E-state index in [9.17, 15) is 15.0 Å². The fourth-order valence-corrected chi connectivity index (χ4v) is 3.31. The Morgan fingerprint density at radius 1 is 0.926 bits per heavy atom. The van der Waals surface area contributed by atoms with Crippen LogP contribution in [0.25, 0.3) is 0 Å². The van der Waals surface area contributed by atoms with Gasteiger partial charge in [-0.3, -0.25) is 4.79 Å². The van der Waals surface area contributed by atoms with Crippen LogP contribution in [0.4, 0.5) is 0 Å². The van der Waals surface area contributed by atoms with Crippen molar-refractivity contribution in [1.82, 2.24) is 4.90 Å². The Kier molecular flexibility index (Phi) is 6.85. The van der Waals surface area contributed by atoms with Crippen molar-refractivity contribution in [3.63, 3.8) is 0 Å². The van der Waals surface area contributed by atoms with E-state index in [1.165, 1.54) is 0 Å². The number of ether oxygens (including phenoxy) is 1. The van der Waals surface area contributed by atoms with Gasteiger partial charge in [0.2, 0.25) is 0 Å². The van der Waals surface area contributed by atoms with Gasteiger partial charge in [0.05, 0.1) is 6.10 Å².